The first-order valence-electron chi connectivity index (χ1n) is 9.65. The van der Waals surface area contributed by atoms with Crippen molar-refractivity contribution in [3.8, 4) is 0 Å². The summed E-state index contributed by atoms with van der Waals surface area (Å²) < 4.78 is 2.01. The van der Waals surface area contributed by atoms with E-state index in [0.717, 1.165) is 34.9 Å². The van der Waals surface area contributed by atoms with Crippen LogP contribution >= 0.6 is 0 Å². The van der Waals surface area contributed by atoms with E-state index in [9.17, 15) is 14.4 Å². The average molecular weight is 374 g/mol. The summed E-state index contributed by atoms with van der Waals surface area (Å²) in [6, 6.07) is 15.9. The van der Waals surface area contributed by atoms with Crippen LogP contribution in [0, 0.1) is 0 Å². The summed E-state index contributed by atoms with van der Waals surface area (Å²) in [5.74, 6) is -0.942. The van der Waals surface area contributed by atoms with Gasteiger partial charge in [0.2, 0.25) is 5.91 Å². The van der Waals surface area contributed by atoms with Gasteiger partial charge in [-0.2, -0.15) is 0 Å². The van der Waals surface area contributed by atoms with Gasteiger partial charge in [0.25, 0.3) is 5.91 Å². The minimum absolute atomic E-state index is 0.0589. The van der Waals surface area contributed by atoms with Crippen molar-refractivity contribution in [3.05, 3.63) is 81.3 Å². The standard InChI is InChI=1S/C23H22N2O3/c1-2-3-11-25-17(12-16-9-6-8-15-7-4-5-10-18(15)16)13-20(26)22-19(25)14-21(27)24-23(22)28/h4-10,13H,2-3,11-12,14H2,1H3,(H,24,27,28). The molecule has 2 aromatic carbocycles. The molecular formula is C23H22N2O3. The van der Waals surface area contributed by atoms with Crippen LogP contribution in [0.15, 0.2) is 53.3 Å². The molecule has 2 heterocycles. The number of fused-ring (bicyclic) bond motifs is 2. The summed E-state index contributed by atoms with van der Waals surface area (Å²) in [6.45, 7) is 2.77. The first-order valence-corrected chi connectivity index (χ1v) is 9.65. The number of amides is 2. The van der Waals surface area contributed by atoms with E-state index in [1.54, 1.807) is 6.07 Å². The Morgan fingerprint density at radius 1 is 1.04 bits per heavy atom. The summed E-state index contributed by atoms with van der Waals surface area (Å²) in [4.78, 5) is 36.9. The molecule has 1 aliphatic rings. The number of nitrogens with zero attached hydrogens (tertiary/aromatic N) is 1. The molecule has 5 nitrogen and oxygen atoms in total. The zero-order valence-corrected chi connectivity index (χ0v) is 15.8. The van der Waals surface area contributed by atoms with E-state index in [0.29, 0.717) is 18.7 Å². The van der Waals surface area contributed by atoms with Crippen LogP contribution in [0.2, 0.25) is 0 Å². The van der Waals surface area contributed by atoms with Crippen LogP contribution in [0.5, 0.6) is 0 Å². The van der Waals surface area contributed by atoms with E-state index in [4.69, 9.17) is 0 Å². The van der Waals surface area contributed by atoms with Gasteiger partial charge in [0.1, 0.15) is 5.56 Å². The molecule has 1 aliphatic heterocycles. The molecule has 0 fully saturated rings. The number of benzene rings is 2. The van der Waals surface area contributed by atoms with Crippen molar-refractivity contribution in [2.75, 3.05) is 0 Å². The summed E-state index contributed by atoms with van der Waals surface area (Å²) >= 11 is 0. The monoisotopic (exact) mass is 374 g/mol. The van der Waals surface area contributed by atoms with Crippen molar-refractivity contribution in [2.24, 2.45) is 0 Å². The highest BCUT2D eigenvalue weighted by atomic mass is 16.2. The van der Waals surface area contributed by atoms with Gasteiger partial charge in [-0.3, -0.25) is 19.7 Å². The number of hydrogen-bond acceptors (Lipinski definition) is 3. The van der Waals surface area contributed by atoms with Crippen LogP contribution in [0.4, 0.5) is 0 Å². The number of nitrogens with one attached hydrogen (secondary N) is 1. The lowest BCUT2D eigenvalue weighted by atomic mass is 9.98. The molecule has 142 valence electrons. The van der Waals surface area contributed by atoms with E-state index in [-0.39, 0.29) is 23.3 Å². The van der Waals surface area contributed by atoms with E-state index in [2.05, 4.69) is 36.5 Å². The molecule has 0 radical (unpaired) electrons. The zero-order valence-electron chi connectivity index (χ0n) is 15.8. The van der Waals surface area contributed by atoms with Gasteiger partial charge in [0.15, 0.2) is 5.43 Å². The van der Waals surface area contributed by atoms with Gasteiger partial charge in [-0.15, -0.1) is 0 Å². The first-order chi connectivity index (χ1) is 13.6. The minimum Gasteiger partial charge on any atom is -0.347 e. The van der Waals surface area contributed by atoms with Crippen LogP contribution in [0.25, 0.3) is 10.8 Å². The minimum atomic E-state index is -0.585. The molecular weight excluding hydrogens is 352 g/mol. The summed E-state index contributed by atoms with van der Waals surface area (Å²) in [6.07, 6.45) is 2.52. The van der Waals surface area contributed by atoms with Crippen LogP contribution in [0.1, 0.15) is 47.1 Å². The second-order valence-corrected chi connectivity index (χ2v) is 7.20. The fraction of sp³-hybridized carbons (Fsp3) is 0.261. The third-order valence-corrected chi connectivity index (χ3v) is 5.30. The molecule has 0 aliphatic carbocycles. The summed E-state index contributed by atoms with van der Waals surface area (Å²) in [5, 5.41) is 4.55. The van der Waals surface area contributed by atoms with Gasteiger partial charge >= 0.3 is 0 Å². The predicted octanol–water partition coefficient (Wildman–Crippen LogP) is 3.20. The van der Waals surface area contributed by atoms with Crippen molar-refractivity contribution in [1.29, 1.82) is 0 Å². The van der Waals surface area contributed by atoms with E-state index in [1.807, 2.05) is 22.8 Å². The summed E-state index contributed by atoms with van der Waals surface area (Å²) in [5.41, 5.74) is 2.30. The maximum absolute atomic E-state index is 12.7. The molecule has 0 saturated carbocycles. The van der Waals surface area contributed by atoms with Crippen molar-refractivity contribution < 1.29 is 9.59 Å². The van der Waals surface area contributed by atoms with E-state index < -0.39 is 5.91 Å². The Kier molecular flexibility index (Phi) is 4.82. The first kappa shape index (κ1) is 18.2. The van der Waals surface area contributed by atoms with Gasteiger partial charge in [0, 0.05) is 30.4 Å². The second kappa shape index (κ2) is 7.43. The van der Waals surface area contributed by atoms with Crippen molar-refractivity contribution in [3.63, 3.8) is 0 Å². The van der Waals surface area contributed by atoms with Gasteiger partial charge < -0.3 is 4.57 Å². The molecule has 0 unspecified atom stereocenters. The van der Waals surface area contributed by atoms with Crippen LogP contribution < -0.4 is 10.7 Å². The van der Waals surface area contributed by atoms with E-state index in [1.165, 1.54) is 0 Å². The highest BCUT2D eigenvalue weighted by Crippen LogP contribution is 2.23. The number of hydrogen-bond donors (Lipinski definition) is 1. The molecule has 28 heavy (non-hydrogen) atoms. The van der Waals surface area contributed by atoms with Crippen molar-refractivity contribution in [2.45, 2.75) is 39.2 Å². The Balaban J connectivity index is 1.87. The zero-order chi connectivity index (χ0) is 19.7. The lowest BCUT2D eigenvalue weighted by molar-refractivity contribution is -0.119. The Morgan fingerprint density at radius 3 is 2.64 bits per heavy atom. The largest absolute Gasteiger partial charge is 0.347 e. The van der Waals surface area contributed by atoms with E-state index >= 15 is 0 Å². The molecule has 0 spiro atoms. The number of rotatable bonds is 5. The third kappa shape index (κ3) is 3.24. The molecule has 5 heteroatoms. The second-order valence-electron chi connectivity index (χ2n) is 7.20. The maximum atomic E-state index is 12.7. The molecule has 2 amide bonds. The lowest BCUT2D eigenvalue weighted by Crippen LogP contribution is -2.43. The molecule has 1 aromatic heterocycles. The van der Waals surface area contributed by atoms with Crippen LogP contribution in [-0.4, -0.2) is 16.4 Å². The smallest absolute Gasteiger partial charge is 0.263 e. The van der Waals surface area contributed by atoms with Gasteiger partial charge in [-0.25, -0.2) is 0 Å². The quantitative estimate of drug-likeness (QED) is 0.698. The molecule has 0 atom stereocenters. The number of pyridine rings is 1. The molecule has 4 rings (SSSR count). The Hall–Kier alpha value is -3.21. The van der Waals surface area contributed by atoms with Gasteiger partial charge in [0.05, 0.1) is 6.42 Å². The molecule has 3 aromatic rings. The average Bonchev–Trinajstić information content (AvgIpc) is 2.67. The van der Waals surface area contributed by atoms with Gasteiger partial charge in [-0.1, -0.05) is 55.8 Å². The maximum Gasteiger partial charge on any atom is 0.263 e. The number of carbonyl (C=O) groups excluding carboxylic acids is 2. The Morgan fingerprint density at radius 2 is 1.82 bits per heavy atom. The predicted molar refractivity (Wildman–Crippen MR) is 109 cm³/mol. The number of carbonyl (C=O) groups is 2. The Bertz CT molecular complexity index is 1140. The number of aromatic nitrogens is 1. The third-order valence-electron chi connectivity index (χ3n) is 5.30. The topological polar surface area (TPSA) is 68.2 Å². The SMILES string of the molecule is CCCCn1c(Cc2cccc3ccccc23)cc(=O)c2c1CC(=O)NC2=O. The molecule has 0 bridgehead atoms. The van der Waals surface area contributed by atoms with Crippen LogP contribution in [-0.2, 0) is 24.2 Å². The van der Waals surface area contributed by atoms with Crippen LogP contribution in [0.3, 0.4) is 0 Å². The molecule has 1 N–H and O–H groups in total. The fourth-order valence-electron chi connectivity index (χ4n) is 3.95. The molecule has 0 saturated heterocycles. The normalized spacial score (nSPS) is 13.5. The number of imide groups is 1. The fourth-order valence-corrected chi connectivity index (χ4v) is 3.95. The lowest BCUT2D eigenvalue weighted by Gasteiger charge is -2.24. The highest BCUT2D eigenvalue weighted by Gasteiger charge is 2.28. The van der Waals surface area contributed by atoms with Crippen molar-refractivity contribution >= 4 is 22.6 Å². The summed E-state index contributed by atoms with van der Waals surface area (Å²) in [7, 11) is 0. The Labute approximate surface area is 163 Å². The number of unbranched alkanes of at least 4 members (excludes halogenated alkanes) is 1. The highest BCUT2D eigenvalue weighted by molar-refractivity contribution is 6.09. The van der Waals surface area contributed by atoms with Gasteiger partial charge in [-0.05, 0) is 22.8 Å². The van der Waals surface area contributed by atoms with Crippen molar-refractivity contribution in [1.82, 2.24) is 9.88 Å².